The van der Waals surface area contributed by atoms with Crippen molar-refractivity contribution in [2.24, 2.45) is 0 Å². The summed E-state index contributed by atoms with van der Waals surface area (Å²) in [5, 5.41) is 2.38. The van der Waals surface area contributed by atoms with Gasteiger partial charge in [-0.15, -0.1) is 0 Å². The van der Waals surface area contributed by atoms with Gasteiger partial charge in [0.05, 0.1) is 0 Å². The average molecular weight is 195 g/mol. The molecule has 0 saturated carbocycles. The van der Waals surface area contributed by atoms with E-state index in [0.717, 1.165) is 12.1 Å². The number of nitrogens with one attached hydrogen (secondary N) is 1. The topological polar surface area (TPSA) is 46.2 Å². The molecule has 0 unspecified atom stereocenters. The van der Waals surface area contributed by atoms with Crippen LogP contribution in [0.25, 0.3) is 0 Å². The minimum Gasteiger partial charge on any atom is -0.349 e. The van der Waals surface area contributed by atoms with E-state index in [0.29, 0.717) is 6.54 Å². The number of carbonyl (C=O) groups is 2. The number of amides is 1. The first-order valence-electron chi connectivity index (χ1n) is 4.23. The summed E-state index contributed by atoms with van der Waals surface area (Å²) in [4.78, 5) is 22.4. The van der Waals surface area contributed by atoms with Crippen LogP contribution in [0.4, 0.5) is 4.39 Å². The zero-order valence-corrected chi connectivity index (χ0v) is 7.71. The first-order chi connectivity index (χ1) is 6.65. The highest BCUT2D eigenvalue weighted by molar-refractivity contribution is 6.42. The fourth-order valence-corrected chi connectivity index (χ4v) is 0.973. The summed E-state index contributed by atoms with van der Waals surface area (Å²) in [5.74, 6) is -1.75. The summed E-state index contributed by atoms with van der Waals surface area (Å²) >= 11 is 0. The predicted octanol–water partition coefficient (Wildman–Crippen LogP) is 1.14. The molecule has 0 aromatic heterocycles. The van der Waals surface area contributed by atoms with Gasteiger partial charge in [0.2, 0.25) is 5.78 Å². The second kappa shape index (κ2) is 4.50. The first kappa shape index (κ1) is 10.4. The molecule has 74 valence electrons. The molecule has 0 saturated heterocycles. The number of hydrogen-bond acceptors (Lipinski definition) is 2. The normalized spacial score (nSPS) is 9.57. The van der Waals surface area contributed by atoms with E-state index in [1.165, 1.54) is 12.1 Å². The number of ketones is 1. The molecule has 0 aliphatic carbocycles. The third kappa shape index (κ3) is 2.39. The van der Waals surface area contributed by atoms with Crippen LogP contribution < -0.4 is 5.32 Å². The van der Waals surface area contributed by atoms with Gasteiger partial charge in [0.15, 0.2) is 0 Å². The molecule has 1 aromatic carbocycles. The monoisotopic (exact) mass is 195 g/mol. The van der Waals surface area contributed by atoms with Crippen LogP contribution in [0.1, 0.15) is 17.3 Å². The van der Waals surface area contributed by atoms with Crippen molar-refractivity contribution in [3.05, 3.63) is 35.6 Å². The van der Waals surface area contributed by atoms with Gasteiger partial charge in [0.25, 0.3) is 5.91 Å². The van der Waals surface area contributed by atoms with Gasteiger partial charge in [0.1, 0.15) is 5.82 Å². The van der Waals surface area contributed by atoms with Crippen LogP contribution in [-0.2, 0) is 4.79 Å². The Hall–Kier alpha value is -1.71. The van der Waals surface area contributed by atoms with Gasteiger partial charge < -0.3 is 5.32 Å². The van der Waals surface area contributed by atoms with Gasteiger partial charge >= 0.3 is 0 Å². The van der Waals surface area contributed by atoms with E-state index in [1.54, 1.807) is 6.92 Å². The minimum absolute atomic E-state index is 0.192. The molecule has 0 fully saturated rings. The van der Waals surface area contributed by atoms with Gasteiger partial charge in [-0.2, -0.15) is 0 Å². The average Bonchev–Trinajstić information content (AvgIpc) is 2.18. The van der Waals surface area contributed by atoms with Gasteiger partial charge in [-0.3, -0.25) is 9.59 Å². The largest absolute Gasteiger partial charge is 0.349 e. The van der Waals surface area contributed by atoms with Crippen molar-refractivity contribution >= 4 is 11.7 Å². The molecule has 4 heteroatoms. The smallest absolute Gasteiger partial charge is 0.292 e. The third-order valence-corrected chi connectivity index (χ3v) is 1.65. The van der Waals surface area contributed by atoms with Gasteiger partial charge in [-0.05, 0) is 31.2 Å². The first-order valence-corrected chi connectivity index (χ1v) is 4.23. The molecule has 0 spiro atoms. The summed E-state index contributed by atoms with van der Waals surface area (Å²) in [6, 6.07) is 4.86. The number of benzene rings is 1. The van der Waals surface area contributed by atoms with E-state index in [1.807, 2.05) is 0 Å². The van der Waals surface area contributed by atoms with E-state index in [-0.39, 0.29) is 5.56 Å². The van der Waals surface area contributed by atoms with Crippen LogP contribution in [0.15, 0.2) is 24.3 Å². The second-order valence-corrected chi connectivity index (χ2v) is 2.70. The minimum atomic E-state index is -0.667. The van der Waals surface area contributed by atoms with E-state index >= 15 is 0 Å². The molecule has 0 heterocycles. The number of halogens is 1. The number of Topliss-reactive ketones (excluding diaryl/α,β-unsaturated/α-hetero) is 1. The van der Waals surface area contributed by atoms with Crippen LogP contribution in [0, 0.1) is 5.82 Å². The third-order valence-electron chi connectivity index (χ3n) is 1.65. The van der Waals surface area contributed by atoms with E-state index in [9.17, 15) is 14.0 Å². The number of carbonyl (C=O) groups excluding carboxylic acids is 2. The van der Waals surface area contributed by atoms with Crippen LogP contribution >= 0.6 is 0 Å². The molecule has 0 atom stereocenters. The SMILES string of the molecule is CCNC(=O)C(=O)c1ccc(F)cc1. The highest BCUT2D eigenvalue weighted by atomic mass is 19.1. The van der Waals surface area contributed by atoms with Crippen LogP contribution in [0.2, 0.25) is 0 Å². The van der Waals surface area contributed by atoms with Crippen LogP contribution in [0.5, 0.6) is 0 Å². The summed E-state index contributed by atoms with van der Waals surface area (Å²) in [5.41, 5.74) is 0.192. The second-order valence-electron chi connectivity index (χ2n) is 2.70. The van der Waals surface area contributed by atoms with E-state index < -0.39 is 17.5 Å². The Morgan fingerprint density at radius 2 is 1.86 bits per heavy atom. The van der Waals surface area contributed by atoms with Crippen molar-refractivity contribution in [1.82, 2.24) is 5.32 Å². The molecule has 1 rings (SSSR count). The van der Waals surface area contributed by atoms with Crippen molar-refractivity contribution < 1.29 is 14.0 Å². The van der Waals surface area contributed by atoms with Crippen LogP contribution in [0.3, 0.4) is 0 Å². The van der Waals surface area contributed by atoms with E-state index in [4.69, 9.17) is 0 Å². The van der Waals surface area contributed by atoms with Gasteiger partial charge in [-0.1, -0.05) is 0 Å². The van der Waals surface area contributed by atoms with Crippen molar-refractivity contribution in [3.63, 3.8) is 0 Å². The summed E-state index contributed by atoms with van der Waals surface area (Å²) in [6.45, 7) is 2.11. The number of rotatable bonds is 3. The molecule has 1 N–H and O–H groups in total. The molecule has 0 radical (unpaired) electrons. The Bertz CT molecular complexity index is 346. The maximum Gasteiger partial charge on any atom is 0.292 e. The lowest BCUT2D eigenvalue weighted by Crippen LogP contribution is -2.30. The Morgan fingerprint density at radius 3 is 2.36 bits per heavy atom. The highest BCUT2D eigenvalue weighted by Gasteiger charge is 2.14. The van der Waals surface area contributed by atoms with Gasteiger partial charge in [0, 0.05) is 12.1 Å². The molecule has 3 nitrogen and oxygen atoms in total. The quantitative estimate of drug-likeness (QED) is 0.580. The molecular formula is C10H10FNO2. The Kier molecular flexibility index (Phi) is 3.34. The van der Waals surface area contributed by atoms with Crippen molar-refractivity contribution in [3.8, 4) is 0 Å². The molecule has 0 aliphatic rings. The standard InChI is InChI=1S/C10H10FNO2/c1-2-12-10(14)9(13)7-3-5-8(11)6-4-7/h3-6H,2H2,1H3,(H,12,14). The molecule has 14 heavy (non-hydrogen) atoms. The maximum atomic E-state index is 12.5. The molecule has 1 aromatic rings. The molecule has 1 amide bonds. The molecule has 0 aliphatic heterocycles. The lowest BCUT2D eigenvalue weighted by atomic mass is 10.1. The van der Waals surface area contributed by atoms with Crippen molar-refractivity contribution in [1.29, 1.82) is 0 Å². The Labute approximate surface area is 80.9 Å². The van der Waals surface area contributed by atoms with Crippen LogP contribution in [-0.4, -0.2) is 18.2 Å². The highest BCUT2D eigenvalue weighted by Crippen LogP contribution is 2.03. The Morgan fingerprint density at radius 1 is 1.29 bits per heavy atom. The lowest BCUT2D eigenvalue weighted by molar-refractivity contribution is -0.116. The lowest BCUT2D eigenvalue weighted by Gasteiger charge is -2.00. The molecule has 0 bridgehead atoms. The summed E-state index contributed by atoms with van der Waals surface area (Å²) < 4.78 is 12.5. The van der Waals surface area contributed by atoms with E-state index in [2.05, 4.69) is 5.32 Å². The zero-order valence-electron chi connectivity index (χ0n) is 7.71. The predicted molar refractivity (Wildman–Crippen MR) is 49.4 cm³/mol. The fraction of sp³-hybridized carbons (Fsp3) is 0.200. The number of hydrogen-bond donors (Lipinski definition) is 1. The fourth-order valence-electron chi connectivity index (χ4n) is 0.973. The maximum absolute atomic E-state index is 12.5. The van der Waals surface area contributed by atoms with Gasteiger partial charge in [-0.25, -0.2) is 4.39 Å². The summed E-state index contributed by atoms with van der Waals surface area (Å²) in [6.07, 6.45) is 0. The van der Waals surface area contributed by atoms with Crippen molar-refractivity contribution in [2.45, 2.75) is 6.92 Å². The zero-order chi connectivity index (χ0) is 10.6. The van der Waals surface area contributed by atoms with Crippen molar-refractivity contribution in [2.75, 3.05) is 6.54 Å². The number of likely N-dealkylation sites (N-methyl/N-ethyl adjacent to an activating group) is 1. The Balaban J connectivity index is 2.79. The molecular weight excluding hydrogens is 185 g/mol. The summed E-state index contributed by atoms with van der Waals surface area (Å²) in [7, 11) is 0.